The Morgan fingerprint density at radius 3 is 2.21 bits per heavy atom. The standard InChI is InChI=1S/C24H27N5/c1-15-7-12-20(13-16(15)2)26-21-14-17(3)25-23-27-22(28-29(21)23)18-8-10-19(11-9-18)24(4,5)6/h7-14,26H,1-6H3. The highest BCUT2D eigenvalue weighted by Gasteiger charge is 2.15. The van der Waals surface area contributed by atoms with Gasteiger partial charge in [-0.15, -0.1) is 5.10 Å². The van der Waals surface area contributed by atoms with Gasteiger partial charge in [-0.2, -0.15) is 9.50 Å². The lowest BCUT2D eigenvalue weighted by atomic mass is 9.87. The number of anilines is 2. The third-order valence-electron chi connectivity index (χ3n) is 5.23. The first kappa shape index (κ1) is 19.1. The smallest absolute Gasteiger partial charge is 0.254 e. The van der Waals surface area contributed by atoms with Crippen LogP contribution in [0.3, 0.4) is 0 Å². The minimum atomic E-state index is 0.118. The van der Waals surface area contributed by atoms with Gasteiger partial charge in [0.15, 0.2) is 5.82 Å². The summed E-state index contributed by atoms with van der Waals surface area (Å²) in [5, 5.41) is 8.20. The highest BCUT2D eigenvalue weighted by molar-refractivity contribution is 5.63. The van der Waals surface area contributed by atoms with Crippen LogP contribution in [0.5, 0.6) is 0 Å². The third-order valence-corrected chi connectivity index (χ3v) is 5.23. The van der Waals surface area contributed by atoms with Crippen LogP contribution < -0.4 is 5.32 Å². The molecule has 0 unspecified atom stereocenters. The molecule has 2 aromatic heterocycles. The van der Waals surface area contributed by atoms with E-state index in [9.17, 15) is 0 Å². The maximum absolute atomic E-state index is 4.73. The molecule has 1 N–H and O–H groups in total. The third kappa shape index (κ3) is 3.86. The minimum Gasteiger partial charge on any atom is -0.340 e. The Balaban J connectivity index is 1.74. The van der Waals surface area contributed by atoms with Crippen molar-refractivity contribution in [2.75, 3.05) is 5.32 Å². The topological polar surface area (TPSA) is 55.1 Å². The van der Waals surface area contributed by atoms with Gasteiger partial charge in [-0.1, -0.05) is 51.1 Å². The summed E-state index contributed by atoms with van der Waals surface area (Å²) in [6, 6.07) is 16.8. The minimum absolute atomic E-state index is 0.118. The molecule has 0 amide bonds. The Labute approximate surface area is 171 Å². The molecule has 0 atom stereocenters. The van der Waals surface area contributed by atoms with Crippen LogP contribution >= 0.6 is 0 Å². The van der Waals surface area contributed by atoms with Crippen molar-refractivity contribution in [2.45, 2.75) is 47.0 Å². The number of fused-ring (bicyclic) bond motifs is 1. The van der Waals surface area contributed by atoms with Crippen LogP contribution in [0, 0.1) is 20.8 Å². The number of hydrogen-bond acceptors (Lipinski definition) is 4. The molecule has 0 spiro atoms. The molecule has 148 valence electrons. The van der Waals surface area contributed by atoms with Crippen molar-refractivity contribution < 1.29 is 0 Å². The lowest BCUT2D eigenvalue weighted by Crippen LogP contribution is -2.10. The highest BCUT2D eigenvalue weighted by atomic mass is 15.4. The Bertz CT molecular complexity index is 1180. The Hall–Kier alpha value is -3.21. The predicted octanol–water partition coefficient (Wildman–Crippen LogP) is 5.76. The second-order valence-electron chi connectivity index (χ2n) is 8.68. The van der Waals surface area contributed by atoms with Crippen LogP contribution in [0.2, 0.25) is 0 Å². The zero-order chi connectivity index (χ0) is 20.8. The number of nitrogens with zero attached hydrogens (tertiary/aromatic N) is 4. The summed E-state index contributed by atoms with van der Waals surface area (Å²) in [4.78, 5) is 9.23. The van der Waals surface area contributed by atoms with Crippen LogP contribution in [-0.2, 0) is 5.41 Å². The lowest BCUT2D eigenvalue weighted by Gasteiger charge is -2.18. The Morgan fingerprint density at radius 2 is 1.55 bits per heavy atom. The van der Waals surface area contributed by atoms with E-state index < -0.39 is 0 Å². The Kier molecular flexibility index (Phi) is 4.61. The molecule has 0 radical (unpaired) electrons. The van der Waals surface area contributed by atoms with Gasteiger partial charge in [-0.05, 0) is 55.0 Å². The van der Waals surface area contributed by atoms with E-state index in [1.165, 1.54) is 16.7 Å². The maximum atomic E-state index is 4.73. The summed E-state index contributed by atoms with van der Waals surface area (Å²) in [7, 11) is 0. The first-order valence-electron chi connectivity index (χ1n) is 9.90. The second-order valence-corrected chi connectivity index (χ2v) is 8.68. The fraction of sp³-hybridized carbons (Fsp3) is 0.292. The first-order valence-corrected chi connectivity index (χ1v) is 9.90. The maximum Gasteiger partial charge on any atom is 0.254 e. The molecule has 0 aliphatic heterocycles. The summed E-state index contributed by atoms with van der Waals surface area (Å²) in [6.07, 6.45) is 0. The number of aromatic nitrogens is 4. The zero-order valence-corrected chi connectivity index (χ0v) is 17.9. The molecule has 0 aliphatic rings. The molecule has 0 bridgehead atoms. The van der Waals surface area contributed by atoms with Gasteiger partial charge in [0.1, 0.15) is 5.82 Å². The quantitative estimate of drug-likeness (QED) is 0.487. The average Bonchev–Trinajstić information content (AvgIpc) is 3.08. The van der Waals surface area contributed by atoms with Crippen molar-refractivity contribution >= 4 is 17.3 Å². The SMILES string of the molecule is Cc1cc(Nc2ccc(C)c(C)c2)n2nc(-c3ccc(C(C)(C)C)cc3)nc2n1. The van der Waals surface area contributed by atoms with Gasteiger partial charge >= 0.3 is 0 Å². The molecule has 2 heterocycles. The van der Waals surface area contributed by atoms with Crippen molar-refractivity contribution in [1.82, 2.24) is 19.6 Å². The van der Waals surface area contributed by atoms with Gasteiger partial charge in [0.25, 0.3) is 5.78 Å². The first-order chi connectivity index (χ1) is 13.7. The van der Waals surface area contributed by atoms with E-state index in [0.29, 0.717) is 11.6 Å². The zero-order valence-electron chi connectivity index (χ0n) is 17.9. The van der Waals surface area contributed by atoms with Crippen molar-refractivity contribution in [2.24, 2.45) is 0 Å². The van der Waals surface area contributed by atoms with Gasteiger partial charge in [0.05, 0.1) is 0 Å². The van der Waals surface area contributed by atoms with Gasteiger partial charge < -0.3 is 5.32 Å². The van der Waals surface area contributed by atoms with E-state index in [-0.39, 0.29) is 5.41 Å². The van der Waals surface area contributed by atoms with Crippen LogP contribution in [-0.4, -0.2) is 19.6 Å². The number of benzene rings is 2. The molecular formula is C24H27N5. The van der Waals surface area contributed by atoms with E-state index in [4.69, 9.17) is 5.10 Å². The van der Waals surface area contributed by atoms with Crippen LogP contribution in [0.1, 0.15) is 43.2 Å². The molecule has 4 aromatic rings. The van der Waals surface area contributed by atoms with E-state index in [0.717, 1.165) is 22.8 Å². The van der Waals surface area contributed by atoms with Gasteiger partial charge in [-0.25, -0.2) is 4.98 Å². The molecule has 2 aromatic carbocycles. The van der Waals surface area contributed by atoms with Crippen LogP contribution in [0.15, 0.2) is 48.5 Å². The highest BCUT2D eigenvalue weighted by Crippen LogP contribution is 2.26. The van der Waals surface area contributed by atoms with Crippen molar-refractivity contribution in [1.29, 1.82) is 0 Å². The largest absolute Gasteiger partial charge is 0.340 e. The molecule has 5 heteroatoms. The Morgan fingerprint density at radius 1 is 0.828 bits per heavy atom. The van der Waals surface area contributed by atoms with Gasteiger partial charge in [0, 0.05) is 23.0 Å². The van der Waals surface area contributed by atoms with Crippen molar-refractivity contribution in [3.8, 4) is 11.4 Å². The average molecular weight is 386 g/mol. The summed E-state index contributed by atoms with van der Waals surface area (Å²) >= 11 is 0. The number of nitrogens with one attached hydrogen (secondary N) is 1. The van der Waals surface area contributed by atoms with Crippen molar-refractivity contribution in [3.05, 3.63) is 70.9 Å². The normalized spacial score (nSPS) is 11.8. The molecule has 0 fully saturated rings. The fourth-order valence-electron chi connectivity index (χ4n) is 3.28. The summed E-state index contributed by atoms with van der Waals surface area (Å²) in [5.74, 6) is 2.11. The fourth-order valence-corrected chi connectivity index (χ4v) is 3.28. The van der Waals surface area contributed by atoms with Crippen molar-refractivity contribution in [3.63, 3.8) is 0 Å². The molecule has 0 saturated carbocycles. The summed E-state index contributed by atoms with van der Waals surface area (Å²) < 4.78 is 1.77. The molecular weight excluding hydrogens is 358 g/mol. The molecule has 0 saturated heterocycles. The monoisotopic (exact) mass is 385 g/mol. The summed E-state index contributed by atoms with van der Waals surface area (Å²) in [5.41, 5.74) is 6.82. The predicted molar refractivity (Wildman–Crippen MR) is 119 cm³/mol. The van der Waals surface area contributed by atoms with E-state index in [1.807, 2.05) is 13.0 Å². The molecule has 4 rings (SSSR count). The van der Waals surface area contributed by atoms with Gasteiger partial charge in [-0.3, -0.25) is 0 Å². The molecule has 29 heavy (non-hydrogen) atoms. The van der Waals surface area contributed by atoms with E-state index in [2.05, 4.69) is 92.4 Å². The second kappa shape index (κ2) is 6.99. The number of aryl methyl sites for hydroxylation is 3. The van der Waals surface area contributed by atoms with Crippen LogP contribution in [0.25, 0.3) is 17.2 Å². The molecule has 5 nitrogen and oxygen atoms in total. The number of rotatable bonds is 3. The van der Waals surface area contributed by atoms with Crippen LogP contribution in [0.4, 0.5) is 11.5 Å². The van der Waals surface area contributed by atoms with Gasteiger partial charge in [0.2, 0.25) is 0 Å². The van der Waals surface area contributed by atoms with E-state index >= 15 is 0 Å². The number of hydrogen-bond donors (Lipinski definition) is 1. The molecule has 0 aliphatic carbocycles. The van der Waals surface area contributed by atoms with E-state index in [1.54, 1.807) is 4.52 Å². The lowest BCUT2D eigenvalue weighted by molar-refractivity contribution is 0.590. The summed E-state index contributed by atoms with van der Waals surface area (Å²) in [6.45, 7) is 12.8.